The van der Waals surface area contributed by atoms with Crippen LogP contribution in [0.15, 0.2) is 48.5 Å². The Hall–Kier alpha value is -2.86. The lowest BCUT2D eigenvalue weighted by Gasteiger charge is -2.47. The van der Waals surface area contributed by atoms with Crippen molar-refractivity contribution in [1.82, 2.24) is 0 Å². The second-order valence-corrected chi connectivity index (χ2v) is 8.26. The van der Waals surface area contributed by atoms with Crippen LogP contribution in [0.2, 0.25) is 0 Å². The lowest BCUT2D eigenvalue weighted by Crippen LogP contribution is -2.57. The molecule has 0 aromatic heterocycles. The molecule has 0 saturated carbocycles. The van der Waals surface area contributed by atoms with E-state index in [1.807, 2.05) is 53.4 Å². The summed E-state index contributed by atoms with van der Waals surface area (Å²) in [5.41, 5.74) is 14.7. The Morgan fingerprint density at radius 1 is 0.967 bits per heavy atom. The highest BCUT2D eigenvalue weighted by atomic mass is 16.2. The van der Waals surface area contributed by atoms with Gasteiger partial charge in [-0.3, -0.25) is 9.59 Å². The van der Waals surface area contributed by atoms with Crippen LogP contribution in [0.4, 0.5) is 11.4 Å². The van der Waals surface area contributed by atoms with E-state index in [4.69, 9.17) is 11.5 Å². The minimum Gasteiger partial charge on any atom is -0.367 e. The van der Waals surface area contributed by atoms with E-state index in [1.54, 1.807) is 0 Å². The fourth-order valence-electron chi connectivity index (χ4n) is 4.89. The molecule has 2 aromatic carbocycles. The first kappa shape index (κ1) is 20.4. The summed E-state index contributed by atoms with van der Waals surface area (Å²) in [5.74, 6) is -0.190. The van der Waals surface area contributed by atoms with E-state index in [-0.39, 0.29) is 11.8 Å². The van der Waals surface area contributed by atoms with E-state index >= 15 is 0 Å². The van der Waals surface area contributed by atoms with Crippen molar-refractivity contribution in [2.24, 2.45) is 11.5 Å². The third-order valence-electron chi connectivity index (χ3n) is 6.46. The molecule has 2 fully saturated rings. The Morgan fingerprint density at radius 3 is 2.50 bits per heavy atom. The first-order chi connectivity index (χ1) is 14.6. The summed E-state index contributed by atoms with van der Waals surface area (Å²) in [6, 6.07) is 15.8. The number of benzene rings is 2. The van der Waals surface area contributed by atoms with Gasteiger partial charge in [-0.25, -0.2) is 0 Å². The molecular formula is C24H30N4O2. The number of nitrogens with zero attached hydrogens (tertiary/aromatic N) is 2. The predicted octanol–water partition coefficient (Wildman–Crippen LogP) is 3.03. The van der Waals surface area contributed by atoms with Crippen molar-refractivity contribution in [2.45, 2.75) is 50.6 Å². The molecule has 0 bridgehead atoms. The fourth-order valence-corrected chi connectivity index (χ4v) is 4.89. The molecule has 1 unspecified atom stereocenters. The van der Waals surface area contributed by atoms with E-state index in [9.17, 15) is 9.59 Å². The predicted molar refractivity (Wildman–Crippen MR) is 119 cm³/mol. The van der Waals surface area contributed by atoms with Gasteiger partial charge in [-0.05, 0) is 61.4 Å². The molecule has 2 aliphatic heterocycles. The zero-order valence-electron chi connectivity index (χ0n) is 17.3. The van der Waals surface area contributed by atoms with Gasteiger partial charge in [0.05, 0.1) is 0 Å². The third-order valence-corrected chi connectivity index (χ3v) is 6.46. The minimum atomic E-state index is -0.923. The average Bonchev–Trinajstić information content (AvgIpc) is 2.79. The van der Waals surface area contributed by atoms with Crippen LogP contribution in [-0.4, -0.2) is 24.9 Å². The van der Waals surface area contributed by atoms with Gasteiger partial charge >= 0.3 is 0 Å². The normalized spacial score (nSPS) is 22.2. The standard InChI is InChI=1S/C24H30N4O2/c25-17-18-7-5-8-19(15-18)24(23(26)30)12-2-4-14-28(24)21-10-6-9-20(16-21)27-13-3-1-11-22(27)29/h5-10,15-16H,1-4,11-14,17,25H2,(H2,26,30). The van der Waals surface area contributed by atoms with Gasteiger partial charge in [0, 0.05) is 37.4 Å². The molecule has 6 heteroatoms. The maximum Gasteiger partial charge on any atom is 0.247 e. The second-order valence-electron chi connectivity index (χ2n) is 8.26. The van der Waals surface area contributed by atoms with Crippen LogP contribution in [0.25, 0.3) is 0 Å². The van der Waals surface area contributed by atoms with E-state index < -0.39 is 5.54 Å². The van der Waals surface area contributed by atoms with Crippen molar-refractivity contribution in [2.75, 3.05) is 22.9 Å². The quantitative estimate of drug-likeness (QED) is 0.798. The Balaban J connectivity index is 1.78. The second kappa shape index (κ2) is 8.48. The summed E-state index contributed by atoms with van der Waals surface area (Å²) in [5, 5.41) is 0. The Bertz CT molecular complexity index is 944. The number of carbonyl (C=O) groups excluding carboxylic acids is 2. The molecule has 2 heterocycles. The van der Waals surface area contributed by atoms with Crippen LogP contribution in [0.3, 0.4) is 0 Å². The highest BCUT2D eigenvalue weighted by Gasteiger charge is 2.46. The molecule has 1 atom stereocenters. The number of anilines is 2. The topological polar surface area (TPSA) is 92.7 Å². The summed E-state index contributed by atoms with van der Waals surface area (Å²) in [6.07, 6.45) is 5.11. The highest BCUT2D eigenvalue weighted by Crippen LogP contribution is 2.42. The lowest BCUT2D eigenvalue weighted by molar-refractivity contribution is -0.124. The van der Waals surface area contributed by atoms with Crippen LogP contribution in [0, 0.1) is 0 Å². The van der Waals surface area contributed by atoms with E-state index in [0.29, 0.717) is 19.4 Å². The van der Waals surface area contributed by atoms with Crippen molar-refractivity contribution in [3.63, 3.8) is 0 Å². The minimum absolute atomic E-state index is 0.161. The van der Waals surface area contributed by atoms with Gasteiger partial charge in [0.1, 0.15) is 5.54 Å². The van der Waals surface area contributed by atoms with Crippen molar-refractivity contribution in [3.05, 3.63) is 59.7 Å². The monoisotopic (exact) mass is 406 g/mol. The van der Waals surface area contributed by atoms with Crippen molar-refractivity contribution in [3.8, 4) is 0 Å². The Kier molecular flexibility index (Phi) is 5.77. The first-order valence-electron chi connectivity index (χ1n) is 10.8. The molecular weight excluding hydrogens is 376 g/mol. The van der Waals surface area contributed by atoms with Crippen molar-refractivity contribution in [1.29, 1.82) is 0 Å². The number of piperidine rings is 2. The molecule has 4 rings (SSSR count). The molecule has 0 radical (unpaired) electrons. The molecule has 158 valence electrons. The summed E-state index contributed by atoms with van der Waals surface area (Å²) in [4.78, 5) is 29.4. The van der Waals surface area contributed by atoms with Crippen LogP contribution in [0.5, 0.6) is 0 Å². The van der Waals surface area contributed by atoms with Crippen LogP contribution in [0.1, 0.15) is 49.7 Å². The van der Waals surface area contributed by atoms with E-state index in [0.717, 1.165) is 61.3 Å². The van der Waals surface area contributed by atoms with Gasteiger partial charge in [-0.2, -0.15) is 0 Å². The van der Waals surface area contributed by atoms with Crippen LogP contribution >= 0.6 is 0 Å². The Labute approximate surface area is 177 Å². The molecule has 2 saturated heterocycles. The maximum absolute atomic E-state index is 13.0. The van der Waals surface area contributed by atoms with Gasteiger partial charge in [0.2, 0.25) is 11.8 Å². The molecule has 2 aliphatic rings. The van der Waals surface area contributed by atoms with Crippen LogP contribution in [-0.2, 0) is 21.7 Å². The maximum atomic E-state index is 13.0. The lowest BCUT2D eigenvalue weighted by atomic mass is 9.78. The molecule has 0 aliphatic carbocycles. The summed E-state index contributed by atoms with van der Waals surface area (Å²) in [6.45, 7) is 1.88. The molecule has 2 aromatic rings. The molecule has 30 heavy (non-hydrogen) atoms. The zero-order chi connectivity index (χ0) is 21.1. The smallest absolute Gasteiger partial charge is 0.247 e. The number of nitrogens with two attached hydrogens (primary N) is 2. The summed E-state index contributed by atoms with van der Waals surface area (Å²) < 4.78 is 0. The van der Waals surface area contributed by atoms with Gasteiger partial charge in [0.25, 0.3) is 0 Å². The molecule has 2 amide bonds. The average molecular weight is 407 g/mol. The van der Waals surface area contributed by atoms with Gasteiger partial charge in [-0.1, -0.05) is 30.3 Å². The number of primary amides is 1. The van der Waals surface area contributed by atoms with E-state index in [2.05, 4.69) is 4.90 Å². The zero-order valence-corrected chi connectivity index (χ0v) is 17.3. The highest BCUT2D eigenvalue weighted by molar-refractivity contribution is 5.95. The number of hydrogen-bond acceptors (Lipinski definition) is 4. The van der Waals surface area contributed by atoms with E-state index in [1.165, 1.54) is 0 Å². The number of rotatable bonds is 5. The number of amides is 2. The summed E-state index contributed by atoms with van der Waals surface area (Å²) in [7, 11) is 0. The molecule has 4 N–H and O–H groups in total. The fraction of sp³-hybridized carbons (Fsp3) is 0.417. The SMILES string of the molecule is NCc1cccc(C2(C(N)=O)CCCCN2c2cccc(N3CCCCC3=O)c2)c1. The third kappa shape index (κ3) is 3.56. The van der Waals surface area contributed by atoms with Crippen LogP contribution < -0.4 is 21.3 Å². The van der Waals surface area contributed by atoms with Crippen molar-refractivity contribution >= 4 is 23.2 Å². The van der Waals surface area contributed by atoms with Crippen molar-refractivity contribution < 1.29 is 9.59 Å². The largest absolute Gasteiger partial charge is 0.367 e. The van der Waals surface area contributed by atoms with Gasteiger partial charge in [0.15, 0.2) is 0 Å². The number of hydrogen-bond donors (Lipinski definition) is 2. The number of carbonyl (C=O) groups is 2. The first-order valence-corrected chi connectivity index (χ1v) is 10.8. The summed E-state index contributed by atoms with van der Waals surface area (Å²) >= 11 is 0. The molecule has 6 nitrogen and oxygen atoms in total. The molecule has 0 spiro atoms. The van der Waals surface area contributed by atoms with Gasteiger partial charge < -0.3 is 21.3 Å². The van der Waals surface area contributed by atoms with Gasteiger partial charge in [-0.15, -0.1) is 0 Å². The Morgan fingerprint density at radius 2 is 1.73 bits per heavy atom.